The van der Waals surface area contributed by atoms with Gasteiger partial charge in [0.05, 0.1) is 7.11 Å². The third kappa shape index (κ3) is 2.33. The lowest BCUT2D eigenvalue weighted by Crippen LogP contribution is -1.93. The third-order valence-corrected chi connectivity index (χ3v) is 2.98. The normalized spacial score (nSPS) is 11.2. The third-order valence-electron chi connectivity index (χ3n) is 2.98. The Hall–Kier alpha value is -2.82. The lowest BCUT2D eigenvalue weighted by molar-refractivity contribution is 0.415. The zero-order valence-corrected chi connectivity index (χ0v) is 10.8. The molecule has 0 spiro atoms. The van der Waals surface area contributed by atoms with Gasteiger partial charge in [0.2, 0.25) is 5.89 Å². The minimum Gasteiger partial charge on any atom is -0.497 e. The summed E-state index contributed by atoms with van der Waals surface area (Å²) in [5.41, 5.74) is 0.993. The molecule has 0 radical (unpaired) electrons. The van der Waals surface area contributed by atoms with Gasteiger partial charge in [-0.3, -0.25) is 0 Å². The van der Waals surface area contributed by atoms with E-state index in [-0.39, 0.29) is 5.89 Å². The molecule has 1 aromatic heterocycles. The molecule has 1 heterocycles. The number of methoxy groups -OCH3 is 1. The van der Waals surface area contributed by atoms with Crippen LogP contribution < -0.4 is 10.5 Å². The largest absolute Gasteiger partial charge is 0.497 e. The first-order valence-electron chi connectivity index (χ1n) is 6.06. The van der Waals surface area contributed by atoms with Crippen molar-refractivity contribution in [1.82, 2.24) is 10.2 Å². The van der Waals surface area contributed by atoms with Gasteiger partial charge >= 0.3 is 5.76 Å². The molecule has 0 aliphatic heterocycles. The summed E-state index contributed by atoms with van der Waals surface area (Å²) in [6.45, 7) is 0. The molecule has 0 unspecified atom stereocenters. The van der Waals surface area contributed by atoms with E-state index in [1.54, 1.807) is 13.2 Å². The number of benzene rings is 2. The molecule has 100 valence electrons. The molecular formula is C15H12N2O3. The molecule has 0 aliphatic rings. The number of nitrogens with zero attached hydrogens (tertiary/aromatic N) is 1. The Bertz CT molecular complexity index is 830. The summed E-state index contributed by atoms with van der Waals surface area (Å²) in [5, 5.41) is 8.11. The van der Waals surface area contributed by atoms with E-state index in [0.717, 1.165) is 22.1 Å². The fourth-order valence-corrected chi connectivity index (χ4v) is 2.02. The summed E-state index contributed by atoms with van der Waals surface area (Å²) < 4.78 is 10.1. The second kappa shape index (κ2) is 5.05. The van der Waals surface area contributed by atoms with Crippen molar-refractivity contribution in [1.29, 1.82) is 0 Å². The zero-order valence-electron chi connectivity index (χ0n) is 10.8. The minimum atomic E-state index is -0.566. The van der Waals surface area contributed by atoms with Crippen LogP contribution in [0.15, 0.2) is 45.6 Å². The molecule has 5 heteroatoms. The van der Waals surface area contributed by atoms with Crippen molar-refractivity contribution < 1.29 is 9.15 Å². The van der Waals surface area contributed by atoms with Crippen LogP contribution in [0.4, 0.5) is 0 Å². The van der Waals surface area contributed by atoms with Gasteiger partial charge in [-0.15, -0.1) is 5.10 Å². The summed E-state index contributed by atoms with van der Waals surface area (Å²) in [6, 6.07) is 11.9. The summed E-state index contributed by atoms with van der Waals surface area (Å²) in [7, 11) is 1.64. The predicted molar refractivity (Wildman–Crippen MR) is 76.6 cm³/mol. The molecule has 0 saturated heterocycles. The van der Waals surface area contributed by atoms with Gasteiger partial charge in [0, 0.05) is 6.08 Å². The van der Waals surface area contributed by atoms with Crippen molar-refractivity contribution in [2.24, 2.45) is 0 Å². The maximum absolute atomic E-state index is 10.9. The van der Waals surface area contributed by atoms with Crippen LogP contribution in [0.5, 0.6) is 5.75 Å². The van der Waals surface area contributed by atoms with Crippen LogP contribution in [0.3, 0.4) is 0 Å². The molecule has 5 nitrogen and oxygen atoms in total. The quantitative estimate of drug-likeness (QED) is 0.793. The standard InChI is InChI=1S/C15H12N2O3/c1-19-12-7-5-10-3-2-4-11(13(10)9-12)6-8-14-16-17-15(18)20-14/h2-9H,1H3,(H,17,18)/b8-6+. The molecule has 2 aromatic carbocycles. The SMILES string of the molecule is COc1ccc2cccc(/C=C/c3n[nH]c(=O)o3)c2c1. The van der Waals surface area contributed by atoms with Crippen LogP contribution in [0.25, 0.3) is 22.9 Å². The van der Waals surface area contributed by atoms with Gasteiger partial charge < -0.3 is 9.15 Å². The molecule has 3 rings (SSSR count). The summed E-state index contributed by atoms with van der Waals surface area (Å²) in [4.78, 5) is 10.9. The first-order chi connectivity index (χ1) is 9.76. The van der Waals surface area contributed by atoms with Crippen LogP contribution in [0.1, 0.15) is 11.5 Å². The number of hydrogen-bond acceptors (Lipinski definition) is 4. The van der Waals surface area contributed by atoms with Gasteiger partial charge in [0.1, 0.15) is 5.75 Å². The van der Waals surface area contributed by atoms with Crippen LogP contribution in [-0.2, 0) is 0 Å². The van der Waals surface area contributed by atoms with E-state index < -0.39 is 5.76 Å². The van der Waals surface area contributed by atoms with Crippen molar-refractivity contribution >= 4 is 22.9 Å². The second-order valence-electron chi connectivity index (χ2n) is 4.22. The van der Waals surface area contributed by atoms with E-state index in [1.165, 1.54) is 0 Å². The van der Waals surface area contributed by atoms with E-state index in [1.807, 2.05) is 42.5 Å². The molecule has 3 aromatic rings. The number of H-pyrrole nitrogens is 1. The van der Waals surface area contributed by atoms with Gasteiger partial charge in [-0.05, 0) is 34.5 Å². The van der Waals surface area contributed by atoms with E-state index in [9.17, 15) is 4.79 Å². The number of aromatic nitrogens is 2. The number of fused-ring (bicyclic) bond motifs is 1. The molecule has 0 bridgehead atoms. The van der Waals surface area contributed by atoms with Gasteiger partial charge in [0.25, 0.3) is 0 Å². The number of rotatable bonds is 3. The van der Waals surface area contributed by atoms with Crippen molar-refractivity contribution in [3.05, 3.63) is 58.4 Å². The fraction of sp³-hybridized carbons (Fsp3) is 0.0667. The van der Waals surface area contributed by atoms with Crippen LogP contribution in [-0.4, -0.2) is 17.3 Å². The van der Waals surface area contributed by atoms with Crippen molar-refractivity contribution in [2.75, 3.05) is 7.11 Å². The number of ether oxygens (including phenoxy) is 1. The topological polar surface area (TPSA) is 68.1 Å². The van der Waals surface area contributed by atoms with Crippen LogP contribution >= 0.6 is 0 Å². The highest BCUT2D eigenvalue weighted by Gasteiger charge is 2.01. The predicted octanol–water partition coefficient (Wildman–Crippen LogP) is 2.70. The van der Waals surface area contributed by atoms with Gasteiger partial charge in [0.15, 0.2) is 0 Å². The molecule has 20 heavy (non-hydrogen) atoms. The smallest absolute Gasteiger partial charge is 0.434 e. The van der Waals surface area contributed by atoms with Crippen molar-refractivity contribution in [2.45, 2.75) is 0 Å². The highest BCUT2D eigenvalue weighted by atomic mass is 16.5. The Balaban J connectivity index is 2.06. The number of aromatic amines is 1. The highest BCUT2D eigenvalue weighted by molar-refractivity contribution is 5.93. The Morgan fingerprint density at radius 2 is 2.15 bits per heavy atom. The first kappa shape index (κ1) is 12.2. The van der Waals surface area contributed by atoms with Gasteiger partial charge in [-0.25, -0.2) is 9.89 Å². The Labute approximate surface area is 114 Å². The van der Waals surface area contributed by atoms with E-state index in [4.69, 9.17) is 9.15 Å². The Morgan fingerprint density at radius 3 is 2.90 bits per heavy atom. The van der Waals surface area contributed by atoms with Gasteiger partial charge in [-0.1, -0.05) is 24.3 Å². The molecule has 1 N–H and O–H groups in total. The molecule has 0 fully saturated rings. The summed E-state index contributed by atoms with van der Waals surface area (Å²) in [6.07, 6.45) is 3.49. The molecular weight excluding hydrogens is 256 g/mol. The molecule has 0 atom stereocenters. The summed E-state index contributed by atoms with van der Waals surface area (Å²) >= 11 is 0. The first-order valence-corrected chi connectivity index (χ1v) is 6.06. The van der Waals surface area contributed by atoms with E-state index in [0.29, 0.717) is 0 Å². The Morgan fingerprint density at radius 1 is 1.25 bits per heavy atom. The van der Waals surface area contributed by atoms with Crippen molar-refractivity contribution in [3.63, 3.8) is 0 Å². The van der Waals surface area contributed by atoms with Crippen LogP contribution in [0.2, 0.25) is 0 Å². The maximum atomic E-state index is 10.9. The Kier molecular flexibility index (Phi) is 3.09. The molecule has 0 saturated carbocycles. The second-order valence-corrected chi connectivity index (χ2v) is 4.22. The van der Waals surface area contributed by atoms with Gasteiger partial charge in [-0.2, -0.15) is 0 Å². The van der Waals surface area contributed by atoms with E-state index in [2.05, 4.69) is 10.2 Å². The number of hydrogen-bond donors (Lipinski definition) is 1. The monoisotopic (exact) mass is 268 g/mol. The molecule has 0 amide bonds. The minimum absolute atomic E-state index is 0.245. The lowest BCUT2D eigenvalue weighted by Gasteiger charge is -2.05. The molecule has 0 aliphatic carbocycles. The highest BCUT2D eigenvalue weighted by Crippen LogP contribution is 2.25. The zero-order chi connectivity index (χ0) is 13.9. The maximum Gasteiger partial charge on any atom is 0.434 e. The fourth-order valence-electron chi connectivity index (χ4n) is 2.02. The lowest BCUT2D eigenvalue weighted by atomic mass is 10.0. The number of nitrogens with one attached hydrogen (secondary N) is 1. The van der Waals surface area contributed by atoms with Crippen molar-refractivity contribution in [3.8, 4) is 5.75 Å². The average molecular weight is 268 g/mol. The summed E-state index contributed by atoms with van der Waals surface area (Å²) in [5.74, 6) is 0.476. The average Bonchev–Trinajstić information content (AvgIpc) is 2.90. The van der Waals surface area contributed by atoms with E-state index >= 15 is 0 Å². The van der Waals surface area contributed by atoms with Crippen LogP contribution in [0, 0.1) is 0 Å².